The lowest BCUT2D eigenvalue weighted by molar-refractivity contribution is -0.140. The van der Waals surface area contributed by atoms with Gasteiger partial charge in [0.15, 0.2) is 0 Å². The monoisotopic (exact) mass is 362 g/mol. The van der Waals surface area contributed by atoms with Gasteiger partial charge in [0.2, 0.25) is 6.23 Å². The van der Waals surface area contributed by atoms with Crippen LogP contribution >= 0.6 is 19.2 Å². The molecule has 0 unspecified atom stereocenters. The molecule has 1 aliphatic rings. The van der Waals surface area contributed by atoms with Crippen LogP contribution in [0.1, 0.15) is 6.23 Å². The Labute approximate surface area is 125 Å². The Hall–Kier alpha value is -1.10. The zero-order chi connectivity index (χ0) is 16.9. The molecule has 0 aromatic carbocycles. The van der Waals surface area contributed by atoms with Crippen LogP contribution in [0, 0.1) is 0 Å². The van der Waals surface area contributed by atoms with Crippen molar-refractivity contribution in [3.63, 3.8) is 0 Å². The molecule has 4 N–H and O–H groups in total. The second-order valence-corrected chi connectivity index (χ2v) is 6.74. The van der Waals surface area contributed by atoms with Crippen LogP contribution in [-0.2, 0) is 9.30 Å². The normalized spacial score (nSPS) is 28.0. The highest BCUT2D eigenvalue weighted by atomic mass is 35.5. The molecule has 13 heteroatoms. The van der Waals surface area contributed by atoms with Gasteiger partial charge in [-0.1, -0.05) is 11.6 Å². The van der Waals surface area contributed by atoms with Crippen LogP contribution in [0.5, 0.6) is 0 Å². The van der Waals surface area contributed by atoms with Crippen LogP contribution in [0.3, 0.4) is 0 Å². The molecule has 3 atom stereocenters. The highest BCUT2D eigenvalue weighted by Crippen LogP contribution is 2.47. The van der Waals surface area contributed by atoms with E-state index in [0.29, 0.717) is 6.20 Å². The average Bonchev–Trinajstić information content (AvgIpc) is 2.56. The summed E-state index contributed by atoms with van der Waals surface area (Å²) in [5, 5.41) is 8.91. The third-order valence-electron chi connectivity index (χ3n) is 2.97. The number of aromatic nitrogens is 2. The third-order valence-corrected chi connectivity index (χ3v) is 4.08. The van der Waals surface area contributed by atoms with Gasteiger partial charge in [0.25, 0.3) is 5.56 Å². The number of halogens is 3. The van der Waals surface area contributed by atoms with E-state index in [2.05, 4.69) is 0 Å². The van der Waals surface area contributed by atoms with Crippen molar-refractivity contribution in [3.8, 4) is 0 Å². The number of ether oxygens (including phenoxy) is 1. The minimum Gasteiger partial charge on any atom is -0.384 e. The smallest absolute Gasteiger partial charge is 0.330 e. The van der Waals surface area contributed by atoms with E-state index < -0.39 is 54.4 Å². The van der Waals surface area contributed by atoms with E-state index in [9.17, 15) is 28.0 Å². The van der Waals surface area contributed by atoms with Crippen molar-refractivity contribution in [2.45, 2.75) is 24.4 Å². The second kappa shape index (κ2) is 5.52. The molecule has 9 nitrogen and oxygen atoms in total. The standard InChI is InChI=1S/C9H10ClF2N2O7P/c10-3-1-14(8(17)13-6(3)16)7-9(11,12)5(15)4(21-7)2-22(18,19)20/h1,4-5,7,15H,2H2,(H,13,16,17)(H2,18,19,20)/t4-,5-,7-/m1/s1. The molecule has 1 aliphatic heterocycles. The molecular formula is C9H10ClF2N2O7P. The molecule has 0 spiro atoms. The lowest BCUT2D eigenvalue weighted by atomic mass is 10.1. The Kier molecular flexibility index (Phi) is 4.33. The van der Waals surface area contributed by atoms with Gasteiger partial charge in [-0.15, -0.1) is 0 Å². The first kappa shape index (κ1) is 17.3. The first-order chi connectivity index (χ1) is 9.93. The predicted octanol–water partition coefficient (Wildman–Crippen LogP) is -0.739. The molecule has 2 heterocycles. The maximum atomic E-state index is 14.0. The number of aliphatic hydroxyl groups excluding tert-OH is 1. The minimum absolute atomic E-state index is 0.243. The van der Waals surface area contributed by atoms with Crippen molar-refractivity contribution in [1.29, 1.82) is 0 Å². The third kappa shape index (κ3) is 3.14. The van der Waals surface area contributed by atoms with Crippen molar-refractivity contribution in [2.75, 3.05) is 6.16 Å². The van der Waals surface area contributed by atoms with Gasteiger partial charge >= 0.3 is 19.2 Å². The first-order valence-corrected chi connectivity index (χ1v) is 7.88. The Bertz CT molecular complexity index is 744. The molecule has 1 fully saturated rings. The molecule has 2 rings (SSSR count). The van der Waals surface area contributed by atoms with Gasteiger partial charge in [0.05, 0.1) is 6.16 Å². The zero-order valence-electron chi connectivity index (χ0n) is 10.5. The van der Waals surface area contributed by atoms with Gasteiger partial charge in [-0.05, 0) is 0 Å². The number of hydrogen-bond acceptors (Lipinski definition) is 5. The summed E-state index contributed by atoms with van der Waals surface area (Å²) in [4.78, 5) is 41.9. The molecule has 1 aromatic rings. The van der Waals surface area contributed by atoms with E-state index in [1.54, 1.807) is 4.98 Å². The zero-order valence-corrected chi connectivity index (χ0v) is 12.2. The molecule has 124 valence electrons. The number of aliphatic hydroxyl groups is 1. The van der Waals surface area contributed by atoms with Crippen molar-refractivity contribution >= 4 is 19.2 Å². The van der Waals surface area contributed by atoms with E-state index in [1.807, 2.05) is 0 Å². The summed E-state index contributed by atoms with van der Waals surface area (Å²) in [6, 6.07) is 0. The van der Waals surface area contributed by atoms with Gasteiger partial charge in [-0.2, -0.15) is 8.78 Å². The fraction of sp³-hybridized carbons (Fsp3) is 0.556. The Morgan fingerprint density at radius 2 is 2.05 bits per heavy atom. The van der Waals surface area contributed by atoms with Crippen molar-refractivity contribution < 1.29 is 33.0 Å². The van der Waals surface area contributed by atoms with E-state index in [-0.39, 0.29) is 4.57 Å². The molecule has 0 saturated carbocycles. The first-order valence-electron chi connectivity index (χ1n) is 5.70. The van der Waals surface area contributed by atoms with Crippen LogP contribution in [0.25, 0.3) is 0 Å². The van der Waals surface area contributed by atoms with E-state index in [0.717, 1.165) is 0 Å². The van der Waals surface area contributed by atoms with Gasteiger partial charge in [0.1, 0.15) is 17.2 Å². The van der Waals surface area contributed by atoms with Gasteiger partial charge in [-0.3, -0.25) is 18.9 Å². The summed E-state index contributed by atoms with van der Waals surface area (Å²) in [7, 11) is -4.75. The van der Waals surface area contributed by atoms with Crippen LogP contribution in [-0.4, -0.2) is 48.7 Å². The predicted molar refractivity (Wildman–Crippen MR) is 68.1 cm³/mol. The van der Waals surface area contributed by atoms with Crippen molar-refractivity contribution in [2.24, 2.45) is 0 Å². The molecule has 22 heavy (non-hydrogen) atoms. The summed E-state index contributed by atoms with van der Waals surface area (Å²) >= 11 is 5.45. The molecule has 0 aliphatic carbocycles. The molecule has 0 bridgehead atoms. The minimum atomic E-state index is -4.75. The fourth-order valence-corrected chi connectivity index (χ4v) is 2.89. The number of rotatable bonds is 3. The maximum Gasteiger partial charge on any atom is 0.330 e. The van der Waals surface area contributed by atoms with Crippen LogP contribution < -0.4 is 11.2 Å². The van der Waals surface area contributed by atoms with Gasteiger partial charge < -0.3 is 19.6 Å². The molecule has 0 amide bonds. The Morgan fingerprint density at radius 1 is 1.45 bits per heavy atom. The molecule has 1 saturated heterocycles. The number of hydrogen-bond donors (Lipinski definition) is 4. The second-order valence-electron chi connectivity index (χ2n) is 4.64. The average molecular weight is 363 g/mol. The largest absolute Gasteiger partial charge is 0.384 e. The highest BCUT2D eigenvalue weighted by Gasteiger charge is 2.60. The van der Waals surface area contributed by atoms with Gasteiger partial charge in [-0.25, -0.2) is 4.79 Å². The molecule has 0 radical (unpaired) electrons. The van der Waals surface area contributed by atoms with Crippen LogP contribution in [0.4, 0.5) is 8.78 Å². The van der Waals surface area contributed by atoms with Gasteiger partial charge in [0, 0.05) is 6.20 Å². The maximum absolute atomic E-state index is 14.0. The summed E-state index contributed by atoms with van der Waals surface area (Å²) in [5.41, 5.74) is -2.28. The van der Waals surface area contributed by atoms with Crippen LogP contribution in [0.15, 0.2) is 15.8 Å². The SMILES string of the molecule is O=c1[nH]c(=O)n([C@@H]2O[C@H](CP(=O)(O)O)[C@@H](O)C2(F)F)cc1Cl. The highest BCUT2D eigenvalue weighted by molar-refractivity contribution is 7.51. The summed E-state index contributed by atoms with van der Waals surface area (Å²) in [5.74, 6) is -4.04. The van der Waals surface area contributed by atoms with Crippen molar-refractivity contribution in [3.05, 3.63) is 32.1 Å². The number of alkyl halides is 2. The summed E-state index contributed by atoms with van der Waals surface area (Å²) in [6.07, 6.45) is -7.40. The lowest BCUT2D eigenvalue weighted by Gasteiger charge is -2.21. The summed E-state index contributed by atoms with van der Waals surface area (Å²) < 4.78 is 43.8. The van der Waals surface area contributed by atoms with Crippen molar-refractivity contribution in [1.82, 2.24) is 9.55 Å². The number of nitrogens with zero attached hydrogens (tertiary/aromatic N) is 1. The number of aromatic amines is 1. The topological polar surface area (TPSA) is 142 Å². The quantitative estimate of drug-likeness (QED) is 0.519. The molecule has 1 aromatic heterocycles. The summed E-state index contributed by atoms with van der Waals surface area (Å²) in [6.45, 7) is 0. The van der Waals surface area contributed by atoms with Crippen LogP contribution in [0.2, 0.25) is 5.02 Å². The van der Waals surface area contributed by atoms with E-state index in [1.165, 1.54) is 0 Å². The number of H-pyrrole nitrogens is 1. The Balaban J connectivity index is 2.44. The lowest BCUT2D eigenvalue weighted by Crippen LogP contribution is -2.42. The van der Waals surface area contributed by atoms with E-state index in [4.69, 9.17) is 26.1 Å². The molecular weight excluding hydrogens is 353 g/mol. The number of nitrogens with one attached hydrogen (secondary N) is 1. The van der Waals surface area contributed by atoms with E-state index >= 15 is 0 Å². The Morgan fingerprint density at radius 3 is 2.59 bits per heavy atom. The fourth-order valence-electron chi connectivity index (χ4n) is 1.99.